The van der Waals surface area contributed by atoms with Gasteiger partial charge >= 0.3 is 24.3 Å². The fourth-order valence-corrected chi connectivity index (χ4v) is 4.24. The van der Waals surface area contributed by atoms with Gasteiger partial charge in [0, 0.05) is 29.9 Å². The van der Waals surface area contributed by atoms with E-state index in [0.29, 0.717) is 47.7 Å². The van der Waals surface area contributed by atoms with Crippen LogP contribution in [0.15, 0.2) is 36.5 Å². The number of benzene rings is 2. The van der Waals surface area contributed by atoms with Gasteiger partial charge in [0.1, 0.15) is 0 Å². The molecule has 3 rings (SSSR count). The number of rotatable bonds is 14. The second-order valence-corrected chi connectivity index (χ2v) is 10.1. The maximum Gasteiger partial charge on any atom is 0.490 e. The van der Waals surface area contributed by atoms with Crippen molar-refractivity contribution >= 4 is 51.9 Å². The Hall–Kier alpha value is -5.86. The summed E-state index contributed by atoms with van der Waals surface area (Å²) in [5.41, 5.74) is 20.2. The molecule has 0 fully saturated rings. The van der Waals surface area contributed by atoms with Gasteiger partial charge in [-0.2, -0.15) is 26.3 Å². The standard InChI is InChI=1S/C27H34N6O5.2C2HF3O2/c1-4-16-15(13-31-21(27(30)36)12-24(28)34)8-7-9-19(16)33-25-17-10-22(37-5-2)23(38-6-3)11-20(17)32-14-18(25)26(29)35;2*3-2(4,5)1(6)7/h7-11,14,21,31H,4-6,12-13H2,1-3H3,(H2,28,34)(H2,29,35)(H2,30,36)(H,32,33);2*(H,6,7)/t21-;;/m0../s1. The fraction of sp³-hybridized carbons (Fsp3) is 0.355. The molecular weight excluding hydrogens is 714 g/mol. The number of anilines is 2. The SMILES string of the molecule is CCOc1cc2ncc(C(N)=O)c(Nc3cccc(CN[C@@H](CC(N)=O)C(N)=O)c3CC)c2cc1OCC.O=C(O)C(F)(F)F.O=C(O)C(F)(F)F. The maximum absolute atomic E-state index is 12.4. The van der Waals surface area contributed by atoms with E-state index in [1.54, 1.807) is 12.1 Å². The van der Waals surface area contributed by atoms with Crippen molar-refractivity contribution in [3.63, 3.8) is 0 Å². The lowest BCUT2D eigenvalue weighted by molar-refractivity contribution is -0.193. The molecule has 0 saturated carbocycles. The van der Waals surface area contributed by atoms with Crippen molar-refractivity contribution in [3.8, 4) is 11.5 Å². The Labute approximate surface area is 291 Å². The number of nitrogens with one attached hydrogen (secondary N) is 2. The van der Waals surface area contributed by atoms with E-state index in [4.69, 9.17) is 46.5 Å². The zero-order valence-electron chi connectivity index (χ0n) is 27.8. The Bertz CT molecular complexity index is 1730. The van der Waals surface area contributed by atoms with E-state index in [1.807, 2.05) is 39.0 Å². The molecule has 21 heteroatoms. The number of halogens is 6. The predicted octanol–water partition coefficient (Wildman–Crippen LogP) is 3.52. The number of ether oxygens (including phenoxy) is 2. The van der Waals surface area contributed by atoms with E-state index < -0.39 is 48.1 Å². The van der Waals surface area contributed by atoms with Crippen LogP contribution in [0.3, 0.4) is 0 Å². The van der Waals surface area contributed by atoms with Crippen LogP contribution in [0.5, 0.6) is 11.5 Å². The van der Waals surface area contributed by atoms with Crippen molar-refractivity contribution in [2.24, 2.45) is 17.2 Å². The first kappa shape index (κ1) is 44.2. The van der Waals surface area contributed by atoms with E-state index >= 15 is 0 Å². The summed E-state index contributed by atoms with van der Waals surface area (Å²) in [6.45, 7) is 6.88. The van der Waals surface area contributed by atoms with Crippen LogP contribution >= 0.6 is 0 Å². The van der Waals surface area contributed by atoms with Crippen LogP contribution in [-0.2, 0) is 32.1 Å². The Morgan fingerprint density at radius 1 is 0.865 bits per heavy atom. The molecule has 0 aliphatic heterocycles. The molecule has 52 heavy (non-hydrogen) atoms. The van der Waals surface area contributed by atoms with Crippen LogP contribution in [-0.4, -0.2) is 76.5 Å². The lowest BCUT2D eigenvalue weighted by Crippen LogP contribution is -2.43. The molecule has 0 saturated heterocycles. The number of carbonyl (C=O) groups is 5. The summed E-state index contributed by atoms with van der Waals surface area (Å²) in [6, 6.07) is 8.29. The third-order valence-electron chi connectivity index (χ3n) is 6.46. The smallest absolute Gasteiger partial charge is 0.490 e. The van der Waals surface area contributed by atoms with E-state index in [1.165, 1.54) is 6.20 Å². The maximum atomic E-state index is 12.4. The number of primary amides is 3. The van der Waals surface area contributed by atoms with Gasteiger partial charge in [-0.25, -0.2) is 9.59 Å². The highest BCUT2D eigenvalue weighted by molar-refractivity contribution is 6.08. The van der Waals surface area contributed by atoms with Gasteiger partial charge in [0.15, 0.2) is 11.5 Å². The Morgan fingerprint density at radius 2 is 1.38 bits per heavy atom. The van der Waals surface area contributed by atoms with Gasteiger partial charge in [0.2, 0.25) is 11.8 Å². The molecule has 3 aromatic rings. The van der Waals surface area contributed by atoms with Crippen molar-refractivity contribution in [3.05, 3.63) is 53.2 Å². The zero-order valence-corrected chi connectivity index (χ0v) is 27.8. The van der Waals surface area contributed by atoms with Gasteiger partial charge in [0.25, 0.3) is 5.91 Å². The summed E-state index contributed by atoms with van der Waals surface area (Å²) >= 11 is 0. The van der Waals surface area contributed by atoms with E-state index in [2.05, 4.69) is 15.6 Å². The van der Waals surface area contributed by atoms with Crippen LogP contribution in [0.4, 0.5) is 37.7 Å². The number of aromatic nitrogens is 1. The fourth-order valence-electron chi connectivity index (χ4n) is 4.24. The average Bonchev–Trinajstić information content (AvgIpc) is 3.03. The number of carbonyl (C=O) groups excluding carboxylic acids is 3. The molecule has 0 unspecified atom stereocenters. The first-order valence-corrected chi connectivity index (χ1v) is 14.9. The van der Waals surface area contributed by atoms with Crippen LogP contribution in [0, 0.1) is 0 Å². The Morgan fingerprint density at radius 3 is 1.81 bits per heavy atom. The van der Waals surface area contributed by atoms with Crippen LogP contribution in [0.1, 0.15) is 48.7 Å². The molecule has 2 aromatic carbocycles. The van der Waals surface area contributed by atoms with E-state index in [9.17, 15) is 40.7 Å². The highest BCUT2D eigenvalue weighted by Gasteiger charge is 2.39. The summed E-state index contributed by atoms with van der Waals surface area (Å²) in [7, 11) is 0. The van der Waals surface area contributed by atoms with E-state index in [0.717, 1.165) is 16.8 Å². The number of pyridine rings is 1. The molecular formula is C31H36F6N6O9. The number of alkyl halides is 6. The van der Waals surface area contributed by atoms with Gasteiger partial charge in [-0.15, -0.1) is 0 Å². The Kier molecular flexibility index (Phi) is 16.6. The highest BCUT2D eigenvalue weighted by Crippen LogP contribution is 2.38. The molecule has 0 radical (unpaired) electrons. The second kappa shape index (κ2) is 19.5. The molecule has 10 N–H and O–H groups in total. The number of hydrogen-bond donors (Lipinski definition) is 7. The van der Waals surface area contributed by atoms with Gasteiger partial charge in [0.05, 0.1) is 42.4 Å². The quantitative estimate of drug-likeness (QED) is 0.117. The van der Waals surface area contributed by atoms with Gasteiger partial charge in [-0.3, -0.25) is 19.4 Å². The minimum absolute atomic E-state index is 0.203. The van der Waals surface area contributed by atoms with Gasteiger partial charge in [-0.1, -0.05) is 19.1 Å². The van der Waals surface area contributed by atoms with Crippen molar-refractivity contribution in [1.82, 2.24) is 10.3 Å². The molecule has 1 heterocycles. The van der Waals surface area contributed by atoms with Crippen molar-refractivity contribution in [1.29, 1.82) is 0 Å². The summed E-state index contributed by atoms with van der Waals surface area (Å²) in [5, 5.41) is 21.3. The minimum Gasteiger partial charge on any atom is -0.490 e. The third kappa shape index (κ3) is 13.5. The van der Waals surface area contributed by atoms with Crippen LogP contribution in [0.2, 0.25) is 0 Å². The van der Waals surface area contributed by atoms with Crippen molar-refractivity contribution in [2.45, 2.75) is 58.6 Å². The molecule has 3 amide bonds. The molecule has 0 bridgehead atoms. The number of nitrogens with zero attached hydrogens (tertiary/aromatic N) is 1. The lowest BCUT2D eigenvalue weighted by Gasteiger charge is -2.20. The number of fused-ring (bicyclic) bond motifs is 1. The van der Waals surface area contributed by atoms with Crippen molar-refractivity contribution in [2.75, 3.05) is 18.5 Å². The van der Waals surface area contributed by atoms with Gasteiger partial charge in [-0.05, 0) is 43.5 Å². The summed E-state index contributed by atoms with van der Waals surface area (Å²) in [6.07, 6.45) is -8.31. The first-order valence-electron chi connectivity index (χ1n) is 14.9. The van der Waals surface area contributed by atoms with Crippen LogP contribution < -0.4 is 37.3 Å². The highest BCUT2D eigenvalue weighted by atomic mass is 19.4. The average molecular weight is 751 g/mol. The third-order valence-corrected chi connectivity index (χ3v) is 6.46. The number of nitrogens with two attached hydrogens (primary N) is 3. The number of carboxylic acid groups (broad SMARTS) is 2. The number of carboxylic acids is 2. The predicted molar refractivity (Wildman–Crippen MR) is 173 cm³/mol. The lowest BCUT2D eigenvalue weighted by atomic mass is 10.0. The summed E-state index contributed by atoms with van der Waals surface area (Å²) < 4.78 is 75.0. The normalized spacial score (nSPS) is 11.6. The monoisotopic (exact) mass is 750 g/mol. The van der Waals surface area contributed by atoms with Crippen LogP contribution in [0.25, 0.3) is 10.9 Å². The first-order chi connectivity index (χ1) is 24.1. The summed E-state index contributed by atoms with van der Waals surface area (Å²) in [4.78, 5) is 57.7. The molecule has 0 aliphatic rings. The minimum atomic E-state index is -5.08. The number of aliphatic carboxylic acids is 2. The van der Waals surface area contributed by atoms with E-state index in [-0.39, 0.29) is 18.5 Å². The topological polar surface area (TPSA) is 259 Å². The largest absolute Gasteiger partial charge is 0.490 e. The zero-order chi connectivity index (χ0) is 40.0. The van der Waals surface area contributed by atoms with Gasteiger partial charge < -0.3 is 47.5 Å². The molecule has 1 aromatic heterocycles. The molecule has 286 valence electrons. The molecule has 15 nitrogen and oxygen atoms in total. The molecule has 1 atom stereocenters. The second-order valence-electron chi connectivity index (χ2n) is 10.1. The molecule has 0 spiro atoms. The number of amides is 3. The summed E-state index contributed by atoms with van der Waals surface area (Å²) in [5.74, 6) is -6.37. The molecule has 0 aliphatic carbocycles. The Balaban J connectivity index is 0.000000812. The van der Waals surface area contributed by atoms with Crippen molar-refractivity contribution < 1.29 is 70.0 Å². The number of hydrogen-bond acceptors (Lipinski definition) is 10.